The molecule has 0 atom stereocenters. The highest BCUT2D eigenvalue weighted by atomic mass is 32.2. The predicted octanol–water partition coefficient (Wildman–Crippen LogP) is 1.41. The molecule has 0 saturated carbocycles. The summed E-state index contributed by atoms with van der Waals surface area (Å²) < 4.78 is 40.7. The van der Waals surface area contributed by atoms with Crippen LogP contribution in [0.4, 0.5) is 0 Å². The van der Waals surface area contributed by atoms with E-state index in [1.807, 2.05) is 23.9 Å². The molecule has 2 N–H and O–H groups in total. The molecule has 0 bridgehead atoms. The number of nitrogens with one attached hydrogen (secondary N) is 2. The molecule has 3 rings (SSSR count). The monoisotopic (exact) mass is 392 g/mol. The summed E-state index contributed by atoms with van der Waals surface area (Å²) in [6.07, 6.45) is 0.905. The first-order valence-corrected chi connectivity index (χ1v) is 9.88. The fraction of sp³-hybridized carbons (Fsp3) is 0.278. The van der Waals surface area contributed by atoms with Crippen LogP contribution in [0.2, 0.25) is 0 Å². The number of rotatable bonds is 7. The average molecular weight is 392 g/mol. The van der Waals surface area contributed by atoms with E-state index in [2.05, 4.69) is 5.43 Å². The number of carbonyl (C=O) groups excluding carboxylic acids is 1. The third kappa shape index (κ3) is 4.89. The van der Waals surface area contributed by atoms with Gasteiger partial charge in [-0.1, -0.05) is 19.1 Å². The first kappa shape index (κ1) is 19.0. The summed E-state index contributed by atoms with van der Waals surface area (Å²) in [6.45, 7) is 2.47. The summed E-state index contributed by atoms with van der Waals surface area (Å²) in [7, 11) is -3.95. The summed E-state index contributed by atoms with van der Waals surface area (Å²) in [6, 6.07) is 11.5. The summed E-state index contributed by atoms with van der Waals surface area (Å²) in [5.74, 6) is 0.716. The number of benzene rings is 2. The van der Waals surface area contributed by atoms with Crippen LogP contribution in [-0.4, -0.2) is 34.1 Å². The highest BCUT2D eigenvalue weighted by molar-refractivity contribution is 7.89. The zero-order valence-electron chi connectivity index (χ0n) is 14.7. The molecule has 9 heteroatoms. The van der Waals surface area contributed by atoms with Gasteiger partial charge < -0.3 is 14.2 Å². The molecule has 2 aromatic rings. The van der Waals surface area contributed by atoms with Gasteiger partial charge in [0.05, 0.1) is 4.90 Å². The molecule has 27 heavy (non-hydrogen) atoms. The van der Waals surface area contributed by atoms with Crippen molar-refractivity contribution in [3.8, 4) is 17.2 Å². The number of carbonyl (C=O) groups is 1. The molecular weight excluding hydrogens is 372 g/mol. The summed E-state index contributed by atoms with van der Waals surface area (Å²) in [5, 5.41) is 0. The maximum Gasteiger partial charge on any atom is 0.272 e. The van der Waals surface area contributed by atoms with Gasteiger partial charge in [-0.25, -0.2) is 8.42 Å². The topological polar surface area (TPSA) is 103 Å². The Bertz CT molecular complexity index is 912. The van der Waals surface area contributed by atoms with Crippen LogP contribution < -0.4 is 24.5 Å². The molecule has 1 aliphatic rings. The number of hydrogen-bond acceptors (Lipinski definition) is 6. The van der Waals surface area contributed by atoms with Crippen molar-refractivity contribution in [1.29, 1.82) is 0 Å². The fourth-order valence-electron chi connectivity index (χ4n) is 2.38. The molecule has 144 valence electrons. The summed E-state index contributed by atoms with van der Waals surface area (Å²) in [4.78, 5) is 13.8. The molecule has 1 heterocycles. The molecule has 1 aliphatic heterocycles. The smallest absolute Gasteiger partial charge is 0.272 e. The molecular formula is C18H20N2O6S. The number of hydrogen-bond donors (Lipinski definition) is 2. The second kappa shape index (κ2) is 8.28. The van der Waals surface area contributed by atoms with Gasteiger partial charge in [-0.2, -0.15) is 0 Å². The van der Waals surface area contributed by atoms with Crippen LogP contribution in [0.25, 0.3) is 0 Å². The fourth-order valence-corrected chi connectivity index (χ4v) is 3.26. The molecule has 0 aromatic heterocycles. The Hall–Kier alpha value is -2.78. The first-order chi connectivity index (χ1) is 13.0. The molecule has 0 unspecified atom stereocenters. The van der Waals surface area contributed by atoms with Gasteiger partial charge in [0, 0.05) is 6.07 Å². The lowest BCUT2D eigenvalue weighted by Crippen LogP contribution is -2.43. The van der Waals surface area contributed by atoms with Gasteiger partial charge in [0.15, 0.2) is 18.1 Å². The van der Waals surface area contributed by atoms with Crippen LogP contribution in [0.5, 0.6) is 17.2 Å². The second-order valence-corrected chi connectivity index (χ2v) is 7.43. The van der Waals surface area contributed by atoms with Crippen LogP contribution in [0.15, 0.2) is 47.4 Å². The summed E-state index contributed by atoms with van der Waals surface area (Å²) >= 11 is 0. The van der Waals surface area contributed by atoms with Crippen molar-refractivity contribution in [2.75, 3.05) is 19.8 Å². The number of amides is 1. The minimum absolute atomic E-state index is 0.0527. The normalized spacial score (nSPS) is 13.1. The number of fused-ring (bicyclic) bond motifs is 1. The van der Waals surface area contributed by atoms with E-state index in [1.54, 1.807) is 12.1 Å². The van der Waals surface area contributed by atoms with E-state index in [1.165, 1.54) is 18.2 Å². The number of hydrazine groups is 1. The lowest BCUT2D eigenvalue weighted by atomic mass is 10.2. The Balaban J connectivity index is 1.54. The van der Waals surface area contributed by atoms with Crippen molar-refractivity contribution in [3.63, 3.8) is 0 Å². The molecule has 0 radical (unpaired) electrons. The lowest BCUT2D eigenvalue weighted by molar-refractivity contribution is -0.123. The van der Waals surface area contributed by atoms with Gasteiger partial charge in [-0.15, -0.1) is 4.83 Å². The van der Waals surface area contributed by atoms with Crippen molar-refractivity contribution in [2.24, 2.45) is 0 Å². The van der Waals surface area contributed by atoms with Crippen molar-refractivity contribution in [2.45, 2.75) is 18.2 Å². The van der Waals surface area contributed by atoms with Crippen molar-refractivity contribution in [3.05, 3.63) is 48.0 Å². The quantitative estimate of drug-likeness (QED) is 0.691. The maximum atomic E-state index is 12.3. The van der Waals surface area contributed by atoms with Crippen molar-refractivity contribution < 1.29 is 27.4 Å². The molecule has 8 nitrogen and oxygen atoms in total. The van der Waals surface area contributed by atoms with Crippen molar-refractivity contribution >= 4 is 15.9 Å². The second-order valence-electron chi connectivity index (χ2n) is 5.75. The third-order valence-electron chi connectivity index (χ3n) is 3.85. The molecule has 0 fully saturated rings. The van der Waals surface area contributed by atoms with Crippen LogP contribution >= 0.6 is 0 Å². The Morgan fingerprint density at radius 2 is 1.78 bits per heavy atom. The number of ether oxygens (including phenoxy) is 3. The zero-order chi connectivity index (χ0) is 19.3. The van der Waals surface area contributed by atoms with Crippen LogP contribution in [-0.2, 0) is 21.2 Å². The molecule has 0 spiro atoms. The van der Waals surface area contributed by atoms with E-state index in [0.717, 1.165) is 12.0 Å². The van der Waals surface area contributed by atoms with Gasteiger partial charge in [0.2, 0.25) is 0 Å². The zero-order valence-corrected chi connectivity index (χ0v) is 15.5. The average Bonchev–Trinajstić information content (AvgIpc) is 2.70. The molecule has 1 amide bonds. The third-order valence-corrected chi connectivity index (χ3v) is 5.10. The van der Waals surface area contributed by atoms with Gasteiger partial charge in [-0.05, 0) is 36.2 Å². The van der Waals surface area contributed by atoms with Crippen LogP contribution in [0.1, 0.15) is 12.5 Å². The minimum atomic E-state index is -3.95. The molecule has 2 aromatic carbocycles. The maximum absolute atomic E-state index is 12.3. The minimum Gasteiger partial charge on any atom is -0.486 e. The van der Waals surface area contributed by atoms with Gasteiger partial charge in [0.25, 0.3) is 15.9 Å². The number of sulfonamides is 1. The van der Waals surface area contributed by atoms with E-state index in [9.17, 15) is 13.2 Å². The highest BCUT2D eigenvalue weighted by Gasteiger charge is 2.20. The Kier molecular flexibility index (Phi) is 5.82. The van der Waals surface area contributed by atoms with E-state index in [4.69, 9.17) is 14.2 Å². The molecule has 0 saturated heterocycles. The SMILES string of the molecule is CCc1ccc(OCC(=O)NNS(=O)(=O)c2ccc3c(c2)OCCO3)cc1. The Morgan fingerprint density at radius 3 is 2.48 bits per heavy atom. The first-order valence-electron chi connectivity index (χ1n) is 8.40. The highest BCUT2D eigenvalue weighted by Crippen LogP contribution is 2.32. The van der Waals surface area contributed by atoms with Crippen molar-refractivity contribution in [1.82, 2.24) is 10.3 Å². The van der Waals surface area contributed by atoms with Gasteiger partial charge in [-0.3, -0.25) is 10.2 Å². The predicted molar refractivity (Wildman–Crippen MR) is 97.2 cm³/mol. The van der Waals surface area contributed by atoms with Gasteiger partial charge in [0.1, 0.15) is 19.0 Å². The standard InChI is InChI=1S/C18H20N2O6S/c1-2-13-3-5-14(6-4-13)26-12-18(21)19-20-27(22,23)15-7-8-16-17(11-15)25-10-9-24-16/h3-8,11,20H,2,9-10,12H2,1H3,(H,19,21). The summed E-state index contributed by atoms with van der Waals surface area (Å²) in [5.41, 5.74) is 3.27. The lowest BCUT2D eigenvalue weighted by Gasteiger charge is -2.19. The largest absolute Gasteiger partial charge is 0.486 e. The van der Waals surface area contributed by atoms with Gasteiger partial charge >= 0.3 is 0 Å². The molecule has 0 aliphatic carbocycles. The van der Waals surface area contributed by atoms with E-state index >= 15 is 0 Å². The number of aryl methyl sites for hydroxylation is 1. The van der Waals surface area contributed by atoms with Crippen LogP contribution in [0.3, 0.4) is 0 Å². The van der Waals surface area contributed by atoms with Crippen LogP contribution in [0, 0.1) is 0 Å². The Labute approximate surface area is 157 Å². The van der Waals surface area contributed by atoms with E-state index < -0.39 is 15.9 Å². The van der Waals surface area contributed by atoms with E-state index in [0.29, 0.717) is 30.5 Å². The Morgan fingerprint density at radius 1 is 1.07 bits per heavy atom. The van der Waals surface area contributed by atoms with E-state index in [-0.39, 0.29) is 11.5 Å².